The van der Waals surface area contributed by atoms with Crippen LogP contribution in [0.25, 0.3) is 0 Å². The molecule has 0 saturated carbocycles. The number of allylic oxidation sites excluding steroid dienone is 1. The summed E-state index contributed by atoms with van der Waals surface area (Å²) in [5.41, 5.74) is 6.78. The Morgan fingerprint density at radius 2 is 1.77 bits per heavy atom. The molecule has 0 rings (SSSR count). The smallest absolute Gasteiger partial charge is 0.248 e. The topological polar surface area (TPSA) is 55.1 Å². The Morgan fingerprint density at radius 3 is 2.08 bits per heavy atom. The third-order valence-corrected chi connectivity index (χ3v) is 1.71. The standard InChI is InChI=1S/C10H20N2O/c1-7(8(2)11)9(13)12-6-10(3,4)5/h6,11H2,1-5H3,(H,12,13)/b8-7-. The molecule has 0 aromatic carbocycles. The summed E-state index contributed by atoms with van der Waals surface area (Å²) >= 11 is 0. The van der Waals surface area contributed by atoms with Crippen molar-refractivity contribution in [3.05, 3.63) is 11.3 Å². The number of carbonyl (C=O) groups excluding carboxylic acids is 1. The van der Waals surface area contributed by atoms with E-state index >= 15 is 0 Å². The zero-order valence-corrected chi connectivity index (χ0v) is 9.19. The van der Waals surface area contributed by atoms with Crippen LogP contribution in [0.1, 0.15) is 34.6 Å². The van der Waals surface area contributed by atoms with Crippen molar-refractivity contribution in [2.24, 2.45) is 11.1 Å². The molecule has 0 aromatic heterocycles. The van der Waals surface area contributed by atoms with Crippen LogP contribution >= 0.6 is 0 Å². The Morgan fingerprint density at radius 1 is 1.31 bits per heavy atom. The van der Waals surface area contributed by atoms with Gasteiger partial charge in [0.1, 0.15) is 0 Å². The van der Waals surface area contributed by atoms with Gasteiger partial charge in [-0.3, -0.25) is 4.79 Å². The SMILES string of the molecule is C/C(N)=C(\C)C(=O)NCC(C)(C)C. The average Bonchev–Trinajstić information content (AvgIpc) is 1.97. The second-order valence-corrected chi connectivity index (χ2v) is 4.55. The lowest BCUT2D eigenvalue weighted by atomic mass is 9.97. The highest BCUT2D eigenvalue weighted by atomic mass is 16.1. The van der Waals surface area contributed by atoms with Crippen molar-refractivity contribution in [3.8, 4) is 0 Å². The lowest BCUT2D eigenvalue weighted by Crippen LogP contribution is -2.33. The van der Waals surface area contributed by atoms with E-state index in [2.05, 4.69) is 26.1 Å². The molecule has 3 N–H and O–H groups in total. The van der Waals surface area contributed by atoms with E-state index in [9.17, 15) is 4.79 Å². The maximum absolute atomic E-state index is 11.4. The first-order valence-corrected chi connectivity index (χ1v) is 4.45. The number of carbonyl (C=O) groups is 1. The zero-order chi connectivity index (χ0) is 10.6. The van der Waals surface area contributed by atoms with Crippen LogP contribution in [-0.4, -0.2) is 12.5 Å². The van der Waals surface area contributed by atoms with Gasteiger partial charge in [0.2, 0.25) is 5.91 Å². The normalized spacial score (nSPS) is 13.6. The van der Waals surface area contributed by atoms with Crippen molar-refractivity contribution in [2.45, 2.75) is 34.6 Å². The van der Waals surface area contributed by atoms with Crippen molar-refractivity contribution < 1.29 is 4.79 Å². The quantitative estimate of drug-likeness (QED) is 0.637. The minimum Gasteiger partial charge on any atom is -0.402 e. The molecular formula is C10H20N2O. The second kappa shape index (κ2) is 4.30. The summed E-state index contributed by atoms with van der Waals surface area (Å²) < 4.78 is 0. The van der Waals surface area contributed by atoms with Crippen molar-refractivity contribution >= 4 is 5.91 Å². The maximum atomic E-state index is 11.4. The van der Waals surface area contributed by atoms with E-state index in [0.29, 0.717) is 17.8 Å². The van der Waals surface area contributed by atoms with Gasteiger partial charge in [-0.2, -0.15) is 0 Å². The molecule has 0 unspecified atom stereocenters. The van der Waals surface area contributed by atoms with Crippen molar-refractivity contribution in [2.75, 3.05) is 6.54 Å². The van der Waals surface area contributed by atoms with Gasteiger partial charge in [-0.25, -0.2) is 0 Å². The molecule has 0 heterocycles. The van der Waals surface area contributed by atoms with Gasteiger partial charge in [-0.1, -0.05) is 20.8 Å². The van der Waals surface area contributed by atoms with Gasteiger partial charge in [0.15, 0.2) is 0 Å². The fraction of sp³-hybridized carbons (Fsp3) is 0.700. The van der Waals surface area contributed by atoms with Crippen LogP contribution in [0.2, 0.25) is 0 Å². The Kier molecular flexibility index (Phi) is 3.98. The van der Waals surface area contributed by atoms with E-state index < -0.39 is 0 Å². The van der Waals surface area contributed by atoms with Gasteiger partial charge >= 0.3 is 0 Å². The predicted octanol–water partition coefficient (Wildman–Crippen LogP) is 1.40. The van der Waals surface area contributed by atoms with E-state index in [1.54, 1.807) is 13.8 Å². The molecule has 0 bridgehead atoms. The number of amides is 1. The highest BCUT2D eigenvalue weighted by molar-refractivity contribution is 5.93. The Balaban J connectivity index is 4.12. The van der Waals surface area contributed by atoms with Crippen LogP contribution in [0.5, 0.6) is 0 Å². The van der Waals surface area contributed by atoms with Crippen molar-refractivity contribution in [1.82, 2.24) is 5.32 Å². The first-order chi connectivity index (χ1) is 5.74. The molecular weight excluding hydrogens is 164 g/mol. The molecule has 13 heavy (non-hydrogen) atoms. The Labute approximate surface area is 80.4 Å². The molecule has 3 nitrogen and oxygen atoms in total. The number of nitrogens with one attached hydrogen (secondary N) is 1. The van der Waals surface area contributed by atoms with Crippen LogP contribution < -0.4 is 11.1 Å². The second-order valence-electron chi connectivity index (χ2n) is 4.55. The molecule has 0 fully saturated rings. The van der Waals surface area contributed by atoms with Gasteiger partial charge in [0.05, 0.1) is 0 Å². The zero-order valence-electron chi connectivity index (χ0n) is 9.19. The fourth-order valence-corrected chi connectivity index (χ4v) is 0.657. The van der Waals surface area contributed by atoms with Gasteiger partial charge in [0.25, 0.3) is 0 Å². The Hall–Kier alpha value is -0.990. The maximum Gasteiger partial charge on any atom is 0.248 e. The summed E-state index contributed by atoms with van der Waals surface area (Å²) in [6.07, 6.45) is 0. The van der Waals surface area contributed by atoms with Gasteiger partial charge in [0, 0.05) is 17.8 Å². The van der Waals surface area contributed by atoms with E-state index in [1.807, 2.05) is 0 Å². The molecule has 1 amide bonds. The average molecular weight is 184 g/mol. The van der Waals surface area contributed by atoms with Gasteiger partial charge in [-0.05, 0) is 19.3 Å². The third kappa shape index (κ3) is 5.28. The summed E-state index contributed by atoms with van der Waals surface area (Å²) in [6, 6.07) is 0. The molecule has 0 aromatic rings. The number of rotatable bonds is 2. The van der Waals surface area contributed by atoms with E-state index in [-0.39, 0.29) is 11.3 Å². The number of hydrogen-bond acceptors (Lipinski definition) is 2. The molecule has 3 heteroatoms. The molecule has 76 valence electrons. The first kappa shape index (κ1) is 12.0. The minimum absolute atomic E-state index is 0.0741. The fourth-order valence-electron chi connectivity index (χ4n) is 0.657. The van der Waals surface area contributed by atoms with Crippen LogP contribution in [0.4, 0.5) is 0 Å². The van der Waals surface area contributed by atoms with Gasteiger partial charge in [-0.15, -0.1) is 0 Å². The third-order valence-electron chi connectivity index (χ3n) is 1.71. The van der Waals surface area contributed by atoms with Crippen LogP contribution in [-0.2, 0) is 4.79 Å². The molecule has 0 radical (unpaired) electrons. The van der Waals surface area contributed by atoms with Gasteiger partial charge < -0.3 is 11.1 Å². The molecule has 0 aliphatic heterocycles. The molecule has 0 spiro atoms. The van der Waals surface area contributed by atoms with Crippen molar-refractivity contribution in [3.63, 3.8) is 0 Å². The van der Waals surface area contributed by atoms with E-state index in [1.165, 1.54) is 0 Å². The van der Waals surface area contributed by atoms with Crippen LogP contribution in [0.15, 0.2) is 11.3 Å². The lowest BCUT2D eigenvalue weighted by molar-refractivity contribution is -0.117. The lowest BCUT2D eigenvalue weighted by Gasteiger charge is -2.18. The molecule has 0 aliphatic carbocycles. The van der Waals surface area contributed by atoms with Crippen LogP contribution in [0.3, 0.4) is 0 Å². The van der Waals surface area contributed by atoms with Crippen molar-refractivity contribution in [1.29, 1.82) is 0 Å². The first-order valence-electron chi connectivity index (χ1n) is 4.45. The van der Waals surface area contributed by atoms with E-state index in [0.717, 1.165) is 0 Å². The highest BCUT2D eigenvalue weighted by Gasteiger charge is 2.13. The highest BCUT2D eigenvalue weighted by Crippen LogP contribution is 2.10. The number of hydrogen-bond donors (Lipinski definition) is 2. The summed E-state index contributed by atoms with van der Waals surface area (Å²) in [4.78, 5) is 11.4. The molecule has 0 saturated heterocycles. The largest absolute Gasteiger partial charge is 0.402 e. The minimum atomic E-state index is -0.0741. The van der Waals surface area contributed by atoms with E-state index in [4.69, 9.17) is 5.73 Å². The summed E-state index contributed by atoms with van der Waals surface area (Å²) in [7, 11) is 0. The summed E-state index contributed by atoms with van der Waals surface area (Å²) in [5, 5.41) is 2.83. The molecule has 0 atom stereocenters. The predicted molar refractivity (Wildman–Crippen MR) is 55.0 cm³/mol. The summed E-state index contributed by atoms with van der Waals surface area (Å²) in [6.45, 7) is 10.3. The summed E-state index contributed by atoms with van der Waals surface area (Å²) in [5.74, 6) is -0.0741. The Bertz CT molecular complexity index is 220. The monoisotopic (exact) mass is 184 g/mol. The van der Waals surface area contributed by atoms with Crippen LogP contribution in [0, 0.1) is 5.41 Å². The number of nitrogens with two attached hydrogens (primary N) is 1. The molecule has 0 aliphatic rings.